The molecular formula is C22H30N2O5. The Labute approximate surface area is 171 Å². The summed E-state index contributed by atoms with van der Waals surface area (Å²) in [7, 11) is 1.56. The number of methoxy groups -OCH3 is 1. The van der Waals surface area contributed by atoms with E-state index in [9.17, 15) is 9.59 Å². The van der Waals surface area contributed by atoms with Crippen LogP contribution in [-0.4, -0.2) is 38.0 Å². The fourth-order valence-electron chi connectivity index (χ4n) is 4.10. The van der Waals surface area contributed by atoms with Crippen LogP contribution in [0, 0.1) is 11.8 Å². The van der Waals surface area contributed by atoms with Crippen LogP contribution in [0.3, 0.4) is 0 Å². The Bertz CT molecular complexity index is 770. The molecule has 1 aliphatic carbocycles. The van der Waals surface area contributed by atoms with Crippen LogP contribution in [0.4, 0.5) is 4.79 Å². The number of carbonyl (C=O) groups excluding carboxylic acids is 2. The predicted octanol–water partition coefficient (Wildman–Crippen LogP) is 4.06. The lowest BCUT2D eigenvalue weighted by Gasteiger charge is -2.31. The van der Waals surface area contributed by atoms with Crippen molar-refractivity contribution in [2.75, 3.05) is 20.3 Å². The number of hydrogen-bond donors (Lipinski definition) is 1. The third-order valence-corrected chi connectivity index (χ3v) is 5.63. The first-order chi connectivity index (χ1) is 14.0. The first-order valence-corrected chi connectivity index (χ1v) is 10.4. The number of aliphatic imine (C=N–C) groups is 1. The molecule has 0 bridgehead atoms. The molecule has 1 aliphatic heterocycles. The van der Waals surface area contributed by atoms with Crippen molar-refractivity contribution in [3.63, 3.8) is 0 Å². The SMILES string of the molecule is CCOc1ccc(C2NC(=O)N=C(C)C2C(=O)OCC2CCCCC2)cc1OC. The van der Waals surface area contributed by atoms with Gasteiger partial charge in [-0.05, 0) is 50.3 Å². The van der Waals surface area contributed by atoms with Gasteiger partial charge in [0.1, 0.15) is 5.92 Å². The molecule has 7 heteroatoms. The zero-order chi connectivity index (χ0) is 20.8. The molecule has 3 rings (SSSR count). The second-order valence-corrected chi connectivity index (χ2v) is 7.64. The molecule has 7 nitrogen and oxygen atoms in total. The standard InChI is InChI=1S/C22H30N2O5/c1-4-28-17-11-10-16(12-18(17)27-3)20-19(14(2)23-22(26)24-20)21(25)29-13-15-8-6-5-7-9-15/h10-12,15,19-20H,4-9,13H2,1-3H3,(H,24,26). The molecule has 1 heterocycles. The van der Waals surface area contributed by atoms with Crippen LogP contribution in [-0.2, 0) is 9.53 Å². The van der Waals surface area contributed by atoms with E-state index in [1.165, 1.54) is 19.3 Å². The molecule has 29 heavy (non-hydrogen) atoms. The number of carbonyl (C=O) groups is 2. The molecule has 1 aromatic carbocycles. The highest BCUT2D eigenvalue weighted by Crippen LogP contribution is 2.35. The van der Waals surface area contributed by atoms with Gasteiger partial charge >= 0.3 is 12.0 Å². The van der Waals surface area contributed by atoms with E-state index in [2.05, 4.69) is 10.3 Å². The van der Waals surface area contributed by atoms with E-state index in [4.69, 9.17) is 14.2 Å². The number of amides is 2. The molecule has 0 saturated heterocycles. The molecule has 0 spiro atoms. The van der Waals surface area contributed by atoms with Crippen LogP contribution < -0.4 is 14.8 Å². The minimum absolute atomic E-state index is 0.352. The fourth-order valence-corrected chi connectivity index (χ4v) is 4.10. The number of ether oxygens (including phenoxy) is 3. The number of rotatable bonds is 7. The summed E-state index contributed by atoms with van der Waals surface area (Å²) in [4.78, 5) is 29.0. The fraction of sp³-hybridized carbons (Fsp3) is 0.591. The highest BCUT2D eigenvalue weighted by Gasteiger charge is 2.38. The Balaban J connectivity index is 1.80. The van der Waals surface area contributed by atoms with Crippen LogP contribution in [0.1, 0.15) is 57.6 Å². The monoisotopic (exact) mass is 402 g/mol. The maximum Gasteiger partial charge on any atom is 0.341 e. The summed E-state index contributed by atoms with van der Waals surface area (Å²) in [5, 5.41) is 2.81. The van der Waals surface area contributed by atoms with Gasteiger partial charge in [0, 0.05) is 5.71 Å². The molecule has 1 N–H and O–H groups in total. The number of esters is 1. The maximum absolute atomic E-state index is 13.0. The number of nitrogens with one attached hydrogen (secondary N) is 1. The van der Waals surface area contributed by atoms with Crippen molar-refractivity contribution in [3.8, 4) is 11.5 Å². The maximum atomic E-state index is 13.0. The minimum atomic E-state index is -0.668. The van der Waals surface area contributed by atoms with Gasteiger partial charge in [0.2, 0.25) is 0 Å². The molecule has 2 amide bonds. The zero-order valence-electron chi connectivity index (χ0n) is 17.4. The molecule has 158 valence electrons. The Morgan fingerprint density at radius 3 is 2.66 bits per heavy atom. The quantitative estimate of drug-likeness (QED) is 0.695. The lowest BCUT2D eigenvalue weighted by atomic mass is 9.87. The number of hydrogen-bond acceptors (Lipinski definition) is 5. The van der Waals surface area contributed by atoms with Crippen molar-refractivity contribution in [1.29, 1.82) is 0 Å². The number of benzene rings is 1. The summed E-state index contributed by atoms with van der Waals surface area (Å²) in [5.74, 6) is 0.566. The van der Waals surface area contributed by atoms with E-state index in [-0.39, 0.29) is 5.97 Å². The molecule has 1 fully saturated rings. The number of nitrogens with zero attached hydrogens (tertiary/aromatic N) is 1. The first-order valence-electron chi connectivity index (χ1n) is 10.4. The average Bonchev–Trinajstić information content (AvgIpc) is 2.72. The summed E-state index contributed by atoms with van der Waals surface area (Å²) in [6.07, 6.45) is 5.84. The van der Waals surface area contributed by atoms with Gasteiger partial charge in [-0.2, -0.15) is 0 Å². The summed E-state index contributed by atoms with van der Waals surface area (Å²) < 4.78 is 16.7. The Kier molecular flexibility index (Phi) is 7.12. The van der Waals surface area contributed by atoms with Crippen LogP contribution in [0.5, 0.6) is 11.5 Å². The molecule has 1 aromatic rings. The second-order valence-electron chi connectivity index (χ2n) is 7.64. The molecule has 0 aromatic heterocycles. The minimum Gasteiger partial charge on any atom is -0.493 e. The molecule has 1 saturated carbocycles. The van der Waals surface area contributed by atoms with Crippen molar-refractivity contribution >= 4 is 17.7 Å². The van der Waals surface area contributed by atoms with E-state index in [0.717, 1.165) is 18.4 Å². The van der Waals surface area contributed by atoms with E-state index in [0.29, 0.717) is 36.3 Å². The van der Waals surface area contributed by atoms with E-state index < -0.39 is 18.0 Å². The van der Waals surface area contributed by atoms with Crippen molar-refractivity contribution in [3.05, 3.63) is 23.8 Å². The Hall–Kier alpha value is -2.57. The lowest BCUT2D eigenvalue weighted by molar-refractivity contribution is -0.148. The van der Waals surface area contributed by atoms with Gasteiger partial charge in [-0.15, -0.1) is 0 Å². The van der Waals surface area contributed by atoms with Crippen LogP contribution in [0.25, 0.3) is 0 Å². The highest BCUT2D eigenvalue weighted by atomic mass is 16.5. The first kappa shape index (κ1) is 21.1. The molecule has 2 aliphatic rings. The lowest BCUT2D eigenvalue weighted by Crippen LogP contribution is -2.44. The smallest absolute Gasteiger partial charge is 0.341 e. The van der Waals surface area contributed by atoms with Gasteiger partial charge in [-0.25, -0.2) is 9.79 Å². The third kappa shape index (κ3) is 5.08. The van der Waals surface area contributed by atoms with Gasteiger partial charge in [0.25, 0.3) is 0 Å². The van der Waals surface area contributed by atoms with Crippen molar-refractivity contribution in [2.24, 2.45) is 16.8 Å². The zero-order valence-corrected chi connectivity index (χ0v) is 17.4. The van der Waals surface area contributed by atoms with Crippen molar-refractivity contribution < 1.29 is 23.8 Å². The van der Waals surface area contributed by atoms with Crippen LogP contribution in [0.2, 0.25) is 0 Å². The van der Waals surface area contributed by atoms with E-state index in [1.54, 1.807) is 26.2 Å². The van der Waals surface area contributed by atoms with Crippen LogP contribution >= 0.6 is 0 Å². The van der Waals surface area contributed by atoms with Crippen molar-refractivity contribution in [1.82, 2.24) is 5.32 Å². The molecule has 0 radical (unpaired) electrons. The van der Waals surface area contributed by atoms with Gasteiger partial charge in [0.05, 0.1) is 26.4 Å². The number of urea groups is 1. The molecule has 2 atom stereocenters. The third-order valence-electron chi connectivity index (χ3n) is 5.63. The summed E-state index contributed by atoms with van der Waals surface area (Å²) in [6.45, 7) is 4.53. The highest BCUT2D eigenvalue weighted by molar-refractivity contribution is 6.08. The Morgan fingerprint density at radius 2 is 1.97 bits per heavy atom. The van der Waals surface area contributed by atoms with E-state index in [1.807, 2.05) is 13.0 Å². The Morgan fingerprint density at radius 1 is 1.21 bits per heavy atom. The molecule has 2 unspecified atom stereocenters. The van der Waals surface area contributed by atoms with Gasteiger partial charge < -0.3 is 19.5 Å². The topological polar surface area (TPSA) is 86.2 Å². The molecular weight excluding hydrogens is 372 g/mol. The van der Waals surface area contributed by atoms with E-state index >= 15 is 0 Å². The van der Waals surface area contributed by atoms with Gasteiger partial charge in [-0.1, -0.05) is 25.3 Å². The van der Waals surface area contributed by atoms with Crippen LogP contribution in [0.15, 0.2) is 23.2 Å². The predicted molar refractivity (Wildman–Crippen MR) is 110 cm³/mol. The summed E-state index contributed by atoms with van der Waals surface area (Å²) >= 11 is 0. The average molecular weight is 402 g/mol. The largest absolute Gasteiger partial charge is 0.493 e. The summed E-state index contributed by atoms with van der Waals surface area (Å²) in [6, 6.07) is 4.38. The normalized spacial score (nSPS) is 22.4. The van der Waals surface area contributed by atoms with Gasteiger partial charge in [0.15, 0.2) is 11.5 Å². The summed E-state index contributed by atoms with van der Waals surface area (Å²) in [5.41, 5.74) is 1.20. The van der Waals surface area contributed by atoms with Crippen molar-refractivity contribution in [2.45, 2.75) is 52.0 Å². The second kappa shape index (κ2) is 9.76. The van der Waals surface area contributed by atoms with Gasteiger partial charge in [-0.3, -0.25) is 4.79 Å².